The molecule has 2 unspecified atom stereocenters. The van der Waals surface area contributed by atoms with Gasteiger partial charge in [-0.05, 0) is 41.0 Å². The van der Waals surface area contributed by atoms with E-state index in [9.17, 15) is 13.4 Å². The van der Waals surface area contributed by atoms with Crippen molar-refractivity contribution in [2.45, 2.75) is 16.7 Å². The van der Waals surface area contributed by atoms with Crippen LogP contribution in [-0.2, 0) is 16.6 Å². The van der Waals surface area contributed by atoms with Crippen molar-refractivity contribution in [1.82, 2.24) is 19.8 Å². The molecule has 1 fully saturated rings. The van der Waals surface area contributed by atoms with Crippen LogP contribution in [0, 0.1) is 5.82 Å². The van der Waals surface area contributed by atoms with E-state index in [0.29, 0.717) is 42.4 Å². The van der Waals surface area contributed by atoms with Gasteiger partial charge in [-0.15, -0.1) is 0 Å². The molecule has 172 valence electrons. The zero-order chi connectivity index (χ0) is 23.2. The Kier molecular flexibility index (Phi) is 5.27. The molecule has 2 aliphatic rings. The highest BCUT2D eigenvalue weighted by atomic mass is 32.2. The molecule has 1 amide bonds. The van der Waals surface area contributed by atoms with E-state index in [2.05, 4.69) is 14.9 Å². The van der Waals surface area contributed by atoms with E-state index in [0.717, 1.165) is 27.6 Å². The summed E-state index contributed by atoms with van der Waals surface area (Å²) in [7, 11) is -1.24. The summed E-state index contributed by atoms with van der Waals surface area (Å²) in [5, 5.41) is 0.909. The highest BCUT2D eigenvalue weighted by Gasteiger charge is 2.34. The maximum Gasteiger partial charge on any atom is 0.257 e. The number of amides is 1. The minimum atomic E-state index is -1.24. The van der Waals surface area contributed by atoms with E-state index in [4.69, 9.17) is 0 Å². The van der Waals surface area contributed by atoms with Gasteiger partial charge in [0.05, 0.1) is 33.7 Å². The first-order valence-corrected chi connectivity index (χ1v) is 12.6. The van der Waals surface area contributed by atoms with Crippen molar-refractivity contribution in [3.8, 4) is 0 Å². The Balaban J connectivity index is 1.31. The summed E-state index contributed by atoms with van der Waals surface area (Å²) in [6.45, 7) is 2.34. The van der Waals surface area contributed by atoms with Crippen LogP contribution in [0.3, 0.4) is 0 Å². The zero-order valence-electron chi connectivity index (χ0n) is 18.4. The van der Waals surface area contributed by atoms with Gasteiger partial charge in [0, 0.05) is 55.1 Å². The number of fused-ring (bicyclic) bond motifs is 3. The number of nitrogens with zero attached hydrogens (tertiary/aromatic N) is 3. The molecule has 0 radical (unpaired) electrons. The lowest BCUT2D eigenvalue weighted by Crippen LogP contribution is -2.50. The Morgan fingerprint density at radius 3 is 2.71 bits per heavy atom. The number of rotatable bonds is 2. The first-order chi connectivity index (χ1) is 16.6. The van der Waals surface area contributed by atoms with Crippen LogP contribution >= 0.6 is 0 Å². The molecular weight excluding hydrogens is 451 g/mol. The van der Waals surface area contributed by atoms with Crippen LogP contribution < -0.4 is 0 Å². The van der Waals surface area contributed by atoms with Gasteiger partial charge in [0.2, 0.25) is 0 Å². The third-order valence-electron chi connectivity index (χ3n) is 6.81. The Morgan fingerprint density at radius 2 is 1.85 bits per heavy atom. The summed E-state index contributed by atoms with van der Waals surface area (Å²) in [4.78, 5) is 25.5. The summed E-state index contributed by atoms with van der Waals surface area (Å²) in [6, 6.07) is 14.2. The molecule has 2 aromatic heterocycles. The largest absolute Gasteiger partial charge is 0.360 e. The van der Waals surface area contributed by atoms with Crippen LogP contribution in [0.2, 0.25) is 0 Å². The van der Waals surface area contributed by atoms with Gasteiger partial charge < -0.3 is 9.88 Å². The van der Waals surface area contributed by atoms with Gasteiger partial charge >= 0.3 is 0 Å². The number of halogens is 1. The van der Waals surface area contributed by atoms with Crippen LogP contribution in [0.4, 0.5) is 4.39 Å². The molecule has 0 bridgehead atoms. The molecule has 4 aromatic rings. The molecule has 0 aliphatic carbocycles. The molecule has 8 heteroatoms. The number of aromatic nitrogens is 2. The highest BCUT2D eigenvalue weighted by molar-refractivity contribution is 7.84. The Bertz CT molecular complexity index is 1430. The van der Waals surface area contributed by atoms with Crippen molar-refractivity contribution in [3.63, 3.8) is 0 Å². The van der Waals surface area contributed by atoms with Crippen molar-refractivity contribution in [2.75, 3.05) is 26.2 Å². The Morgan fingerprint density at radius 1 is 1.03 bits per heavy atom. The first-order valence-electron chi connectivity index (χ1n) is 11.3. The topological polar surface area (TPSA) is 69.3 Å². The predicted octanol–water partition coefficient (Wildman–Crippen LogP) is 3.87. The van der Waals surface area contributed by atoms with Crippen LogP contribution in [-0.4, -0.2) is 56.1 Å². The second kappa shape index (κ2) is 8.45. The SMILES string of the molecule is O=C(c1cncc2cc[nH]c12)N1CCN(C2c3ccccc3CS(=O)c3ccc(F)cc32)CC1. The van der Waals surface area contributed by atoms with E-state index < -0.39 is 10.8 Å². The van der Waals surface area contributed by atoms with Crippen LogP contribution in [0.25, 0.3) is 10.9 Å². The Labute approximate surface area is 198 Å². The number of H-pyrrole nitrogens is 1. The number of piperazine rings is 1. The number of carbonyl (C=O) groups is 1. The summed E-state index contributed by atoms with van der Waals surface area (Å²) < 4.78 is 27.4. The van der Waals surface area contributed by atoms with Gasteiger partial charge in [-0.1, -0.05) is 24.3 Å². The molecule has 4 heterocycles. The maximum absolute atomic E-state index is 14.3. The highest BCUT2D eigenvalue weighted by Crippen LogP contribution is 2.39. The van der Waals surface area contributed by atoms with Crippen molar-refractivity contribution in [3.05, 3.63) is 95.2 Å². The average Bonchev–Trinajstić information content (AvgIpc) is 3.30. The molecule has 2 aromatic carbocycles. The van der Waals surface area contributed by atoms with Crippen molar-refractivity contribution < 1.29 is 13.4 Å². The predicted molar refractivity (Wildman–Crippen MR) is 128 cm³/mol. The lowest BCUT2D eigenvalue weighted by molar-refractivity contribution is 0.0597. The van der Waals surface area contributed by atoms with Crippen molar-refractivity contribution in [2.24, 2.45) is 0 Å². The minimum absolute atomic E-state index is 0.0472. The fraction of sp³-hybridized carbons (Fsp3) is 0.231. The maximum atomic E-state index is 14.3. The molecule has 1 N–H and O–H groups in total. The van der Waals surface area contributed by atoms with E-state index in [-0.39, 0.29) is 17.8 Å². The van der Waals surface area contributed by atoms with Gasteiger partial charge in [0.25, 0.3) is 5.91 Å². The lowest BCUT2D eigenvalue weighted by Gasteiger charge is -2.40. The Hall–Kier alpha value is -3.36. The van der Waals surface area contributed by atoms with Gasteiger partial charge in [-0.2, -0.15) is 0 Å². The van der Waals surface area contributed by atoms with Crippen molar-refractivity contribution in [1.29, 1.82) is 0 Å². The summed E-state index contributed by atoms with van der Waals surface area (Å²) >= 11 is 0. The first kappa shape index (κ1) is 21.2. The van der Waals surface area contributed by atoms with E-state index >= 15 is 0 Å². The summed E-state index contributed by atoms with van der Waals surface area (Å²) in [6.07, 6.45) is 5.17. The monoisotopic (exact) mass is 474 g/mol. The van der Waals surface area contributed by atoms with Crippen LogP contribution in [0.5, 0.6) is 0 Å². The van der Waals surface area contributed by atoms with E-state index in [1.54, 1.807) is 18.5 Å². The standard InChI is InChI=1S/C26H23FN4O2S/c27-19-5-6-23-21(13-19)25(20-4-2-1-3-18(20)16-34(23)33)30-9-11-31(12-10-30)26(32)22-15-28-14-17-7-8-29-24(17)22/h1-8,13-15,25,29H,9-12,16H2. The number of carbonyl (C=O) groups excluding carboxylic acids is 1. The average molecular weight is 475 g/mol. The lowest BCUT2D eigenvalue weighted by atomic mass is 9.93. The molecule has 6 rings (SSSR count). The van der Waals surface area contributed by atoms with Gasteiger partial charge in [0.15, 0.2) is 0 Å². The molecule has 2 aliphatic heterocycles. The third-order valence-corrected chi connectivity index (χ3v) is 8.25. The zero-order valence-corrected chi connectivity index (χ0v) is 19.2. The summed E-state index contributed by atoms with van der Waals surface area (Å²) in [5.41, 5.74) is 4.19. The van der Waals surface area contributed by atoms with Gasteiger partial charge in [-0.25, -0.2) is 4.39 Å². The fourth-order valence-electron chi connectivity index (χ4n) is 5.15. The number of hydrogen-bond donors (Lipinski definition) is 1. The second-order valence-electron chi connectivity index (χ2n) is 8.73. The van der Waals surface area contributed by atoms with Crippen molar-refractivity contribution >= 4 is 27.6 Å². The smallest absolute Gasteiger partial charge is 0.257 e. The number of aromatic amines is 1. The molecule has 1 saturated heterocycles. The van der Waals surface area contributed by atoms with Crippen LogP contribution in [0.1, 0.15) is 33.1 Å². The molecule has 2 atom stereocenters. The quantitative estimate of drug-likeness (QED) is 0.479. The fourth-order valence-corrected chi connectivity index (χ4v) is 6.50. The van der Waals surface area contributed by atoms with E-state index in [1.807, 2.05) is 41.4 Å². The van der Waals surface area contributed by atoms with Crippen LogP contribution in [0.15, 0.2) is 72.0 Å². The number of benzene rings is 2. The molecule has 34 heavy (non-hydrogen) atoms. The molecule has 0 saturated carbocycles. The molecule has 0 spiro atoms. The minimum Gasteiger partial charge on any atom is -0.360 e. The van der Waals surface area contributed by atoms with Gasteiger partial charge in [0.1, 0.15) is 5.82 Å². The number of nitrogens with one attached hydrogen (secondary N) is 1. The molecule has 6 nitrogen and oxygen atoms in total. The normalized spacial score (nSPS) is 20.6. The van der Waals surface area contributed by atoms with E-state index in [1.165, 1.54) is 12.1 Å². The third kappa shape index (κ3) is 3.54. The van der Waals surface area contributed by atoms with Gasteiger partial charge in [-0.3, -0.25) is 18.9 Å². The molecular formula is C26H23FN4O2S. The number of hydrogen-bond acceptors (Lipinski definition) is 4. The number of pyridine rings is 1. The summed E-state index contributed by atoms with van der Waals surface area (Å²) in [5.74, 6) is 0.0335. The second-order valence-corrected chi connectivity index (χ2v) is 10.2.